The van der Waals surface area contributed by atoms with Gasteiger partial charge in [-0.25, -0.2) is 19.2 Å². The van der Waals surface area contributed by atoms with E-state index in [0.29, 0.717) is 12.8 Å². The molecule has 7 heteroatoms. The molecule has 0 fully saturated rings. The number of aromatic amines is 2. The van der Waals surface area contributed by atoms with E-state index in [-0.39, 0.29) is 30.2 Å². The Balaban J connectivity index is 1.44. The maximum absolute atomic E-state index is 14.0. The molecular formula is C29H40FN3O3+2. The zero-order chi connectivity index (χ0) is 25.7. The number of methoxy groups -OCH3 is 1. The Morgan fingerprint density at radius 3 is 2.81 bits per heavy atom. The van der Waals surface area contributed by atoms with Gasteiger partial charge in [0.1, 0.15) is 18.0 Å². The van der Waals surface area contributed by atoms with E-state index in [2.05, 4.69) is 43.0 Å². The number of esters is 1. The molecule has 1 heterocycles. The molecule has 194 valence electrons. The number of benzene rings is 2. The van der Waals surface area contributed by atoms with Gasteiger partial charge in [0.2, 0.25) is 0 Å². The van der Waals surface area contributed by atoms with E-state index in [0.717, 1.165) is 60.3 Å². The number of quaternary nitrogens is 1. The molecule has 6 nitrogen and oxygen atoms in total. The molecule has 3 N–H and O–H groups in total. The van der Waals surface area contributed by atoms with Crippen molar-refractivity contribution in [2.45, 2.75) is 57.5 Å². The number of H-pyrrole nitrogens is 2. The number of hydrogen-bond donors (Lipinski definition) is 2. The van der Waals surface area contributed by atoms with Gasteiger partial charge in [0, 0.05) is 25.9 Å². The van der Waals surface area contributed by atoms with Gasteiger partial charge < -0.3 is 14.4 Å². The Labute approximate surface area is 213 Å². The third-order valence-corrected chi connectivity index (χ3v) is 7.57. The number of carbonyl (C=O) groups excluding carboxylic acids is 1. The van der Waals surface area contributed by atoms with Crippen molar-refractivity contribution >= 4 is 17.0 Å². The Bertz CT molecular complexity index is 1140. The number of fused-ring (bicyclic) bond motifs is 2. The average Bonchev–Trinajstić information content (AvgIpc) is 3.25. The van der Waals surface area contributed by atoms with E-state index >= 15 is 0 Å². The maximum atomic E-state index is 14.0. The fourth-order valence-electron chi connectivity index (χ4n) is 5.97. The van der Waals surface area contributed by atoms with Crippen LogP contribution in [0.1, 0.15) is 56.0 Å². The molecule has 0 spiro atoms. The van der Waals surface area contributed by atoms with Gasteiger partial charge in [-0.1, -0.05) is 32.0 Å². The number of imidazole rings is 1. The van der Waals surface area contributed by atoms with Crippen molar-refractivity contribution in [1.82, 2.24) is 4.98 Å². The van der Waals surface area contributed by atoms with Crippen molar-refractivity contribution in [3.8, 4) is 0 Å². The van der Waals surface area contributed by atoms with Gasteiger partial charge in [0.25, 0.3) is 5.82 Å². The molecule has 0 radical (unpaired) electrons. The molecule has 1 aliphatic carbocycles. The minimum atomic E-state index is -0.624. The van der Waals surface area contributed by atoms with E-state index in [9.17, 15) is 9.18 Å². The summed E-state index contributed by atoms with van der Waals surface area (Å²) < 4.78 is 25.3. The minimum Gasteiger partial charge on any atom is -0.456 e. The van der Waals surface area contributed by atoms with Crippen LogP contribution in [0.25, 0.3) is 11.0 Å². The molecule has 1 aromatic heterocycles. The molecule has 3 atom stereocenters. The number of para-hydroxylation sites is 2. The van der Waals surface area contributed by atoms with Crippen molar-refractivity contribution in [3.05, 3.63) is 65.2 Å². The van der Waals surface area contributed by atoms with Gasteiger partial charge in [-0.05, 0) is 54.2 Å². The Kier molecular flexibility index (Phi) is 8.42. The van der Waals surface area contributed by atoms with E-state index < -0.39 is 5.60 Å². The highest BCUT2D eigenvalue weighted by molar-refractivity contribution is 5.71. The van der Waals surface area contributed by atoms with Gasteiger partial charge >= 0.3 is 5.97 Å². The zero-order valence-electron chi connectivity index (χ0n) is 22.0. The molecule has 0 saturated carbocycles. The lowest BCUT2D eigenvalue weighted by atomic mass is 9.65. The third-order valence-electron chi connectivity index (χ3n) is 7.57. The van der Waals surface area contributed by atoms with Gasteiger partial charge in [0.15, 0.2) is 11.0 Å². The number of aromatic nitrogens is 2. The van der Waals surface area contributed by atoms with Crippen LogP contribution in [0.3, 0.4) is 0 Å². The molecule has 1 aliphatic rings. The number of aryl methyl sites for hydroxylation is 2. The standard InChI is InChI=1S/C29H38FN3O3/c1-20(2)28-23-12-11-22(30)18-21(23)13-14-29(28,36-27(34)19-35-4)15-17-33(3)16-7-10-26-31-24-8-5-6-9-25(24)32-26/h5-6,8-9,11-12,18,20,28H,7,10,13-17,19H2,1-4H3,(H,31,32)/p+2/t28-,29-/m0/s1. The highest BCUT2D eigenvalue weighted by atomic mass is 19.1. The first kappa shape index (κ1) is 26.3. The highest BCUT2D eigenvalue weighted by Crippen LogP contribution is 2.47. The van der Waals surface area contributed by atoms with Crippen LogP contribution < -0.4 is 9.88 Å². The summed E-state index contributed by atoms with van der Waals surface area (Å²) in [7, 11) is 3.71. The maximum Gasteiger partial charge on any atom is 0.332 e. The third kappa shape index (κ3) is 5.95. The summed E-state index contributed by atoms with van der Waals surface area (Å²) in [5.41, 5.74) is 3.77. The predicted octanol–water partition coefficient (Wildman–Crippen LogP) is 3.27. The largest absolute Gasteiger partial charge is 0.456 e. The van der Waals surface area contributed by atoms with Gasteiger partial charge in [0.05, 0.1) is 26.6 Å². The molecule has 0 saturated heterocycles. The van der Waals surface area contributed by atoms with Crippen LogP contribution in [-0.4, -0.2) is 50.4 Å². The Hall–Kier alpha value is -2.77. The molecule has 0 bridgehead atoms. The molecule has 2 aromatic carbocycles. The van der Waals surface area contributed by atoms with E-state index in [1.54, 1.807) is 6.07 Å². The van der Waals surface area contributed by atoms with E-state index in [4.69, 9.17) is 9.47 Å². The Morgan fingerprint density at radius 2 is 2.06 bits per heavy atom. The quantitative estimate of drug-likeness (QED) is 0.400. The second kappa shape index (κ2) is 11.5. The van der Waals surface area contributed by atoms with E-state index in [1.165, 1.54) is 18.1 Å². The van der Waals surface area contributed by atoms with E-state index in [1.807, 2.05) is 18.2 Å². The monoisotopic (exact) mass is 497 g/mol. The lowest BCUT2D eigenvalue weighted by Gasteiger charge is -2.46. The van der Waals surface area contributed by atoms with Gasteiger partial charge in [-0.3, -0.25) is 0 Å². The highest BCUT2D eigenvalue weighted by Gasteiger charge is 2.48. The lowest BCUT2D eigenvalue weighted by molar-refractivity contribution is -0.880. The van der Waals surface area contributed by atoms with Crippen LogP contribution in [-0.2, 0) is 27.1 Å². The van der Waals surface area contributed by atoms with Crippen molar-refractivity contribution in [2.75, 3.05) is 33.9 Å². The summed E-state index contributed by atoms with van der Waals surface area (Å²) in [5.74, 6) is 0.848. The van der Waals surface area contributed by atoms with Gasteiger partial charge in [-0.15, -0.1) is 0 Å². The minimum absolute atomic E-state index is 0.0106. The molecule has 0 aliphatic heterocycles. The molecular weight excluding hydrogens is 457 g/mol. The number of halogens is 1. The summed E-state index contributed by atoms with van der Waals surface area (Å²) in [6.45, 7) is 6.16. The second-order valence-corrected chi connectivity index (χ2v) is 10.6. The topological polar surface area (TPSA) is 69.9 Å². The molecule has 1 unspecified atom stereocenters. The van der Waals surface area contributed by atoms with Gasteiger partial charge in [-0.2, -0.15) is 0 Å². The number of ether oxygens (including phenoxy) is 2. The predicted molar refractivity (Wildman–Crippen MR) is 137 cm³/mol. The van der Waals surface area contributed by atoms with Crippen molar-refractivity contribution in [3.63, 3.8) is 0 Å². The second-order valence-electron chi connectivity index (χ2n) is 10.6. The first-order chi connectivity index (χ1) is 17.3. The number of rotatable bonds is 11. The summed E-state index contributed by atoms with van der Waals surface area (Å²) in [6.07, 6.45) is 4.15. The molecule has 4 rings (SSSR count). The summed E-state index contributed by atoms with van der Waals surface area (Å²) in [4.78, 5) is 21.0. The Morgan fingerprint density at radius 1 is 1.25 bits per heavy atom. The fourth-order valence-corrected chi connectivity index (χ4v) is 5.97. The number of hydrogen-bond acceptors (Lipinski definition) is 3. The molecule has 36 heavy (non-hydrogen) atoms. The molecule has 3 aromatic rings. The summed E-state index contributed by atoms with van der Waals surface area (Å²) in [6, 6.07) is 13.3. The lowest BCUT2D eigenvalue weighted by Crippen LogP contribution is -3.09. The average molecular weight is 498 g/mol. The van der Waals surface area contributed by atoms with Crippen molar-refractivity contribution < 1.29 is 28.5 Å². The van der Waals surface area contributed by atoms with Crippen LogP contribution in [0.5, 0.6) is 0 Å². The van der Waals surface area contributed by atoms with Crippen LogP contribution >= 0.6 is 0 Å². The van der Waals surface area contributed by atoms with Crippen LogP contribution in [0.2, 0.25) is 0 Å². The SMILES string of the molecule is COCC(=O)O[C@]1(CC[NH+](C)CCCc2[nH]c3ccccc3[nH+]2)CCc2cc(F)ccc2[C@@H]1C(C)C. The zero-order valence-corrected chi connectivity index (χ0v) is 22.0. The van der Waals surface area contributed by atoms with Crippen molar-refractivity contribution in [1.29, 1.82) is 0 Å². The molecule has 0 amide bonds. The number of nitrogens with one attached hydrogen (secondary N) is 3. The normalized spacial score (nSPS) is 20.4. The smallest absolute Gasteiger partial charge is 0.332 e. The summed E-state index contributed by atoms with van der Waals surface area (Å²) in [5, 5.41) is 0. The fraction of sp³-hybridized carbons (Fsp3) is 0.517. The van der Waals surface area contributed by atoms with Crippen LogP contribution in [0.4, 0.5) is 4.39 Å². The van der Waals surface area contributed by atoms with Crippen LogP contribution in [0, 0.1) is 11.7 Å². The first-order valence-electron chi connectivity index (χ1n) is 13.1. The van der Waals surface area contributed by atoms with Crippen LogP contribution in [0.15, 0.2) is 42.5 Å². The number of carbonyl (C=O) groups is 1. The van der Waals surface area contributed by atoms with Crippen molar-refractivity contribution in [2.24, 2.45) is 5.92 Å². The summed E-state index contributed by atoms with van der Waals surface area (Å²) >= 11 is 0. The first-order valence-corrected chi connectivity index (χ1v) is 13.1.